The predicted octanol–water partition coefficient (Wildman–Crippen LogP) is 1.28. The molecule has 1 aliphatic carbocycles. The number of carbonyl (C=O) groups excluding carboxylic acids is 2. The molecule has 10 nitrogen and oxygen atoms in total. The molecule has 2 aliphatic heterocycles. The number of nitrogens with zero attached hydrogens (tertiary/aromatic N) is 2. The van der Waals surface area contributed by atoms with Gasteiger partial charge in [0.1, 0.15) is 11.5 Å². The molecule has 34 heavy (non-hydrogen) atoms. The average molecular weight is 469 g/mol. The second-order valence-corrected chi connectivity index (χ2v) is 8.59. The molecule has 0 saturated carbocycles. The third kappa shape index (κ3) is 4.21. The highest BCUT2D eigenvalue weighted by Crippen LogP contribution is 2.42. The second kappa shape index (κ2) is 9.59. The molecule has 180 valence electrons. The molecule has 0 bridgehead atoms. The van der Waals surface area contributed by atoms with Gasteiger partial charge in [-0.05, 0) is 24.3 Å². The molecule has 0 amide bonds. The van der Waals surface area contributed by atoms with Crippen LogP contribution in [0.2, 0.25) is 0 Å². The maximum atomic E-state index is 13.6. The van der Waals surface area contributed by atoms with E-state index in [1.165, 1.54) is 12.1 Å². The van der Waals surface area contributed by atoms with Crippen LogP contribution in [0.3, 0.4) is 0 Å². The largest absolute Gasteiger partial charge is 0.507 e. The van der Waals surface area contributed by atoms with Crippen LogP contribution in [0.4, 0.5) is 11.4 Å². The summed E-state index contributed by atoms with van der Waals surface area (Å²) in [6.45, 7) is 6.79. The molecule has 2 saturated heterocycles. The fraction of sp³-hybridized carbons (Fsp3) is 0.417. The molecular weight excluding hydrogens is 440 g/mol. The van der Waals surface area contributed by atoms with E-state index < -0.39 is 11.6 Å². The summed E-state index contributed by atoms with van der Waals surface area (Å²) in [6, 6.07) is 6.00. The normalized spacial score (nSPS) is 18.2. The lowest BCUT2D eigenvalue weighted by Crippen LogP contribution is -2.29. The van der Waals surface area contributed by atoms with Gasteiger partial charge >= 0.3 is 0 Å². The van der Waals surface area contributed by atoms with E-state index in [0.29, 0.717) is 51.1 Å². The van der Waals surface area contributed by atoms with Crippen LogP contribution in [-0.2, 0) is 9.47 Å². The van der Waals surface area contributed by atoms with Gasteiger partial charge < -0.3 is 30.3 Å². The molecule has 0 radical (unpaired) electrons. The minimum absolute atomic E-state index is 0.167. The van der Waals surface area contributed by atoms with Crippen LogP contribution < -0.4 is 10.6 Å². The molecule has 10 heteroatoms. The first kappa shape index (κ1) is 22.6. The van der Waals surface area contributed by atoms with Crippen LogP contribution in [0.5, 0.6) is 11.5 Å². The predicted molar refractivity (Wildman–Crippen MR) is 125 cm³/mol. The number of hydrogen-bond acceptors (Lipinski definition) is 10. The Hall–Kier alpha value is -3.18. The van der Waals surface area contributed by atoms with Gasteiger partial charge in [-0.25, -0.2) is 0 Å². The van der Waals surface area contributed by atoms with E-state index in [9.17, 15) is 19.8 Å². The second-order valence-electron chi connectivity index (χ2n) is 8.59. The van der Waals surface area contributed by atoms with Crippen molar-refractivity contribution in [2.24, 2.45) is 0 Å². The van der Waals surface area contributed by atoms with Crippen molar-refractivity contribution in [3.05, 3.63) is 46.5 Å². The van der Waals surface area contributed by atoms with Gasteiger partial charge in [-0.1, -0.05) is 0 Å². The van der Waals surface area contributed by atoms with E-state index in [4.69, 9.17) is 9.47 Å². The van der Waals surface area contributed by atoms with E-state index in [1.54, 1.807) is 12.1 Å². The van der Waals surface area contributed by atoms with Crippen LogP contribution in [0, 0.1) is 0 Å². The van der Waals surface area contributed by atoms with Crippen molar-refractivity contribution in [3.63, 3.8) is 0 Å². The quantitative estimate of drug-likeness (QED) is 0.360. The number of ether oxygens (including phenoxy) is 2. The average Bonchev–Trinajstić information content (AvgIpc) is 3.54. The number of aromatic hydroxyl groups is 2. The maximum Gasteiger partial charge on any atom is 0.200 e. The zero-order valence-electron chi connectivity index (χ0n) is 18.8. The Bertz CT molecular complexity index is 1020. The first-order valence-corrected chi connectivity index (χ1v) is 11.4. The third-order valence-electron chi connectivity index (χ3n) is 6.41. The Labute approximate surface area is 197 Å². The number of phenolic OH excluding ortho intramolecular Hbond substituents is 2. The lowest BCUT2D eigenvalue weighted by Gasteiger charge is -2.25. The maximum absolute atomic E-state index is 13.6. The SMILES string of the molecule is O=C1c2c(O)ccc(O)c2C(=O)c2c(NCCN3CCOC3)ccc(NCCN3CCOC3)c21. The van der Waals surface area contributed by atoms with Crippen LogP contribution in [0.15, 0.2) is 24.3 Å². The van der Waals surface area contributed by atoms with Gasteiger partial charge in [-0.15, -0.1) is 0 Å². The summed E-state index contributed by atoms with van der Waals surface area (Å²) >= 11 is 0. The number of nitrogens with one attached hydrogen (secondary N) is 2. The molecule has 0 aromatic heterocycles. The number of ketones is 2. The van der Waals surface area contributed by atoms with Gasteiger partial charge in [-0.2, -0.15) is 0 Å². The summed E-state index contributed by atoms with van der Waals surface area (Å²) in [5, 5.41) is 27.3. The summed E-state index contributed by atoms with van der Waals surface area (Å²) in [6.07, 6.45) is 0. The highest BCUT2D eigenvalue weighted by Gasteiger charge is 2.38. The highest BCUT2D eigenvalue weighted by molar-refractivity contribution is 6.33. The van der Waals surface area contributed by atoms with Crippen LogP contribution >= 0.6 is 0 Å². The topological polar surface area (TPSA) is 124 Å². The standard InChI is InChI=1S/C24H28N4O6/c29-17-3-4-18(30)22-21(17)23(31)19-15(25-5-7-27-9-11-33-13-27)1-2-16(20(19)24(22)32)26-6-8-28-10-12-34-14-28/h1-4,25-26,29-30H,5-14H2. The van der Waals surface area contributed by atoms with Crippen molar-refractivity contribution in [1.29, 1.82) is 0 Å². The van der Waals surface area contributed by atoms with Crippen molar-refractivity contribution >= 4 is 22.9 Å². The Balaban J connectivity index is 1.46. The van der Waals surface area contributed by atoms with Crippen molar-refractivity contribution in [2.75, 3.05) is 76.6 Å². The Morgan fingerprint density at radius 2 is 1.15 bits per heavy atom. The Kier molecular flexibility index (Phi) is 6.38. The molecular formula is C24H28N4O6. The summed E-state index contributed by atoms with van der Waals surface area (Å²) < 4.78 is 10.7. The van der Waals surface area contributed by atoms with Crippen LogP contribution in [0.1, 0.15) is 31.8 Å². The summed E-state index contributed by atoms with van der Waals surface area (Å²) in [5.74, 6) is -1.66. The molecule has 0 atom stereocenters. The van der Waals surface area contributed by atoms with Gasteiger partial charge in [-0.3, -0.25) is 19.4 Å². The van der Waals surface area contributed by atoms with Gasteiger partial charge in [0, 0.05) is 50.6 Å². The van der Waals surface area contributed by atoms with Crippen molar-refractivity contribution in [1.82, 2.24) is 9.80 Å². The fourth-order valence-corrected chi connectivity index (χ4v) is 4.61. The molecule has 0 unspecified atom stereocenters. The number of fused-ring (bicyclic) bond motifs is 2. The Morgan fingerprint density at radius 1 is 0.706 bits per heavy atom. The van der Waals surface area contributed by atoms with Crippen molar-refractivity contribution < 1.29 is 29.3 Å². The molecule has 0 spiro atoms. The van der Waals surface area contributed by atoms with Gasteiger partial charge in [0.05, 0.1) is 48.9 Å². The number of rotatable bonds is 8. The summed E-state index contributed by atoms with van der Waals surface area (Å²) in [5.41, 5.74) is 1.09. The van der Waals surface area contributed by atoms with E-state index >= 15 is 0 Å². The van der Waals surface area contributed by atoms with Gasteiger partial charge in [0.15, 0.2) is 0 Å². The molecule has 4 N–H and O–H groups in total. The first-order valence-electron chi connectivity index (χ1n) is 11.4. The lowest BCUT2D eigenvalue weighted by molar-refractivity contribution is 0.0975. The number of hydrogen-bond donors (Lipinski definition) is 4. The summed E-state index contributed by atoms with van der Waals surface area (Å²) in [4.78, 5) is 31.4. The van der Waals surface area contributed by atoms with Crippen molar-refractivity contribution in [2.45, 2.75) is 0 Å². The number of anilines is 2. The molecule has 2 fully saturated rings. The summed E-state index contributed by atoms with van der Waals surface area (Å²) in [7, 11) is 0. The number of carbonyl (C=O) groups is 2. The number of benzene rings is 2. The van der Waals surface area contributed by atoms with Gasteiger partial charge in [0.25, 0.3) is 0 Å². The van der Waals surface area contributed by atoms with E-state index in [-0.39, 0.29) is 33.8 Å². The van der Waals surface area contributed by atoms with E-state index in [1.807, 2.05) is 0 Å². The molecule has 2 aromatic rings. The zero-order valence-corrected chi connectivity index (χ0v) is 18.8. The molecule has 2 aromatic carbocycles. The third-order valence-corrected chi connectivity index (χ3v) is 6.41. The minimum atomic E-state index is -0.499. The molecule has 5 rings (SSSR count). The van der Waals surface area contributed by atoms with E-state index in [2.05, 4.69) is 20.4 Å². The van der Waals surface area contributed by atoms with Crippen molar-refractivity contribution in [3.8, 4) is 11.5 Å². The highest BCUT2D eigenvalue weighted by atomic mass is 16.5. The van der Waals surface area contributed by atoms with Crippen LogP contribution in [0.25, 0.3) is 0 Å². The van der Waals surface area contributed by atoms with Crippen LogP contribution in [-0.4, -0.2) is 97.5 Å². The number of phenols is 2. The molecule has 2 heterocycles. The Morgan fingerprint density at radius 3 is 1.53 bits per heavy atom. The zero-order chi connectivity index (χ0) is 23.7. The fourth-order valence-electron chi connectivity index (χ4n) is 4.61. The molecule has 3 aliphatic rings. The first-order chi connectivity index (χ1) is 16.5. The van der Waals surface area contributed by atoms with E-state index in [0.717, 1.165) is 26.2 Å². The minimum Gasteiger partial charge on any atom is -0.507 e. The van der Waals surface area contributed by atoms with Gasteiger partial charge in [0.2, 0.25) is 11.6 Å². The monoisotopic (exact) mass is 468 g/mol. The lowest BCUT2D eigenvalue weighted by atomic mass is 9.81. The smallest absolute Gasteiger partial charge is 0.200 e.